The van der Waals surface area contributed by atoms with Crippen LogP contribution in [-0.4, -0.2) is 0 Å². The van der Waals surface area contributed by atoms with Crippen LogP contribution in [0.15, 0.2) is 182 Å². The van der Waals surface area contributed by atoms with E-state index in [2.05, 4.69) is 202 Å². The van der Waals surface area contributed by atoms with Crippen LogP contribution < -0.4 is 31.8 Å². The molecule has 0 saturated heterocycles. The Labute approximate surface area is 254 Å². The summed E-state index contributed by atoms with van der Waals surface area (Å²) >= 11 is 0.843. The van der Waals surface area contributed by atoms with Crippen molar-refractivity contribution in [2.45, 2.75) is 0 Å². The van der Waals surface area contributed by atoms with Crippen molar-refractivity contribution < 1.29 is 11.9 Å². The molecule has 0 bridgehead atoms. The minimum absolute atomic E-state index is 1.52. The van der Waals surface area contributed by atoms with Crippen LogP contribution in [0.25, 0.3) is 0 Å². The molecule has 4 heteroatoms. The van der Waals surface area contributed by atoms with Crippen LogP contribution in [0.1, 0.15) is 0 Å². The Morgan fingerprint density at radius 2 is 0.425 bits per heavy atom. The van der Waals surface area contributed by atoms with Gasteiger partial charge >= 0.3 is 256 Å². The standard InChI is InChI=1S/2C18H15P.HI.Ir/c2*1-4-10-16(11-5-1)19(17-12-6-2-7-13-17)18-14-8-3-9-15-18;;/h2*1-15H;1H;/q;;;-1/p+1. The molecule has 0 atom stereocenters. The average Bonchev–Trinajstić information content (AvgIpc) is 3.05. The molecule has 40 heavy (non-hydrogen) atoms. The van der Waals surface area contributed by atoms with Gasteiger partial charge in [0.25, 0.3) is 0 Å². The van der Waals surface area contributed by atoms with Crippen molar-refractivity contribution in [1.82, 2.24) is 0 Å². The van der Waals surface area contributed by atoms with Gasteiger partial charge in [-0.25, -0.2) is 0 Å². The van der Waals surface area contributed by atoms with Gasteiger partial charge in [0.2, 0.25) is 0 Å². The molecular weight excluding hydrogens is 813 g/mol. The summed E-state index contributed by atoms with van der Waals surface area (Å²) in [6, 6.07) is 69.2. The van der Waals surface area contributed by atoms with Crippen molar-refractivity contribution in [2.24, 2.45) is 0 Å². The van der Waals surface area contributed by atoms with Gasteiger partial charge in [0.15, 0.2) is 0 Å². The maximum atomic E-state index is 3.08. The van der Waals surface area contributed by atoms with Crippen LogP contribution in [0.3, 0.4) is 0 Å². The molecule has 0 heterocycles. The molecule has 6 aromatic carbocycles. The van der Waals surface area contributed by atoms with E-state index in [1.54, 1.807) is 0 Å². The molecule has 0 aliphatic carbocycles. The summed E-state index contributed by atoms with van der Waals surface area (Å²) in [5.41, 5.74) is -4.99. The summed E-state index contributed by atoms with van der Waals surface area (Å²) < 4.78 is 0. The van der Waals surface area contributed by atoms with E-state index in [-0.39, 0.29) is 0 Å². The molecule has 6 aromatic rings. The van der Waals surface area contributed by atoms with E-state index in [1.165, 1.54) is 31.8 Å². The fraction of sp³-hybridized carbons (Fsp3) is 0. The molecule has 0 radical (unpaired) electrons. The SMILES string of the molecule is [I][Ir]([PH](c1ccccc1)(c1ccccc1)c1ccccc1)[PH](c1ccccc1)(c1ccccc1)c1ccccc1. The van der Waals surface area contributed by atoms with Gasteiger partial charge in [-0.2, -0.15) is 0 Å². The predicted molar refractivity (Wildman–Crippen MR) is 187 cm³/mol. The second-order valence-corrected chi connectivity index (χ2v) is 53.1. The number of hydrogen-bond donors (Lipinski definition) is 0. The minimum atomic E-state index is -2.50. The second-order valence-electron chi connectivity index (χ2n) is 9.66. The third-order valence-electron chi connectivity index (χ3n) is 7.39. The summed E-state index contributed by atoms with van der Waals surface area (Å²) in [5.74, 6) is 0. The van der Waals surface area contributed by atoms with Crippen LogP contribution >= 0.6 is 30.6 Å². The summed E-state index contributed by atoms with van der Waals surface area (Å²) in [6.07, 6.45) is 0. The Kier molecular flexibility index (Phi) is 8.73. The van der Waals surface area contributed by atoms with Gasteiger partial charge in [-0.15, -0.1) is 0 Å². The zero-order valence-corrected chi connectivity index (χ0v) is 28.6. The zero-order valence-electron chi connectivity index (χ0n) is 22.0. The van der Waals surface area contributed by atoms with Crippen LogP contribution in [0, 0.1) is 0 Å². The van der Waals surface area contributed by atoms with Gasteiger partial charge in [-0.3, -0.25) is 0 Å². The Morgan fingerprint density at radius 3 is 0.575 bits per heavy atom. The Bertz CT molecular complexity index is 1310. The van der Waals surface area contributed by atoms with Gasteiger partial charge in [-0.05, 0) is 0 Å². The van der Waals surface area contributed by atoms with Crippen molar-refractivity contribution in [1.29, 1.82) is 0 Å². The molecule has 0 nitrogen and oxygen atoms in total. The van der Waals surface area contributed by atoms with E-state index >= 15 is 0 Å². The molecule has 0 aliphatic heterocycles. The van der Waals surface area contributed by atoms with Crippen molar-refractivity contribution in [3.8, 4) is 0 Å². The predicted octanol–water partition coefficient (Wildman–Crippen LogP) is 7.24. The van der Waals surface area contributed by atoms with E-state index in [1.807, 2.05) is 0 Å². The van der Waals surface area contributed by atoms with Crippen LogP contribution in [-0.2, 0) is 11.9 Å². The third-order valence-corrected chi connectivity index (χ3v) is 75.6. The van der Waals surface area contributed by atoms with Crippen molar-refractivity contribution in [3.05, 3.63) is 182 Å². The number of hydrogen-bond acceptors (Lipinski definition) is 0. The van der Waals surface area contributed by atoms with Gasteiger partial charge < -0.3 is 0 Å². The normalized spacial score (nSPS) is 12.9. The Hall–Kier alpha value is -2.44. The van der Waals surface area contributed by atoms with E-state index in [4.69, 9.17) is 0 Å². The topological polar surface area (TPSA) is 0 Å². The molecule has 202 valence electrons. The number of halogens is 1. The van der Waals surface area contributed by atoms with E-state index < -0.39 is 22.9 Å². The average molecular weight is 846 g/mol. The monoisotopic (exact) mass is 846 g/mol. The Balaban J connectivity index is 1.81. The molecule has 0 aliphatic rings. The Morgan fingerprint density at radius 1 is 0.275 bits per heavy atom. The van der Waals surface area contributed by atoms with Crippen LogP contribution in [0.2, 0.25) is 0 Å². The van der Waals surface area contributed by atoms with E-state index in [0.29, 0.717) is 0 Å². The van der Waals surface area contributed by atoms with Gasteiger partial charge in [0, 0.05) is 0 Å². The molecule has 0 fully saturated rings. The summed E-state index contributed by atoms with van der Waals surface area (Å²) in [6.45, 7) is 0. The summed E-state index contributed by atoms with van der Waals surface area (Å²) in [4.78, 5) is 0. The first-order valence-electron chi connectivity index (χ1n) is 13.4. The molecule has 0 aromatic heterocycles. The first kappa shape index (κ1) is 27.7. The van der Waals surface area contributed by atoms with Gasteiger partial charge in [0.1, 0.15) is 0 Å². The van der Waals surface area contributed by atoms with E-state index in [0.717, 1.165) is 0 Å². The van der Waals surface area contributed by atoms with Crippen molar-refractivity contribution in [3.63, 3.8) is 0 Å². The zero-order chi connectivity index (χ0) is 27.3. The molecule has 0 spiro atoms. The molecule has 0 unspecified atom stereocenters. The van der Waals surface area contributed by atoms with E-state index in [9.17, 15) is 0 Å². The summed E-state index contributed by atoms with van der Waals surface area (Å²) in [7, 11) is 0. The number of rotatable bonds is 8. The van der Waals surface area contributed by atoms with Crippen LogP contribution in [0.5, 0.6) is 0 Å². The fourth-order valence-electron chi connectivity index (χ4n) is 5.66. The number of benzene rings is 6. The maximum absolute atomic E-state index is 3.08. The third kappa shape index (κ3) is 4.85. The quantitative estimate of drug-likeness (QED) is 0.112. The van der Waals surface area contributed by atoms with Crippen molar-refractivity contribution in [2.75, 3.05) is 0 Å². The molecule has 0 N–H and O–H groups in total. The van der Waals surface area contributed by atoms with Crippen molar-refractivity contribution >= 4 is 62.4 Å². The van der Waals surface area contributed by atoms with Gasteiger partial charge in [0.05, 0.1) is 0 Å². The molecule has 0 saturated carbocycles. The summed E-state index contributed by atoms with van der Waals surface area (Å²) in [5, 5.41) is 9.15. The van der Waals surface area contributed by atoms with Crippen LogP contribution in [0.4, 0.5) is 0 Å². The first-order valence-corrected chi connectivity index (χ1v) is 31.1. The first-order chi connectivity index (χ1) is 19.8. The fourth-order valence-corrected chi connectivity index (χ4v) is 89.0. The molecule has 6 rings (SSSR count). The molecule has 0 amide bonds. The molecular formula is C36H32IIrP2. The van der Waals surface area contributed by atoms with Gasteiger partial charge in [-0.1, -0.05) is 0 Å². The second kappa shape index (κ2) is 12.6.